The first kappa shape index (κ1) is 8.84. The van der Waals surface area contributed by atoms with Crippen LogP contribution in [0.15, 0.2) is 43.0 Å². The van der Waals surface area contributed by atoms with Crippen molar-refractivity contribution in [3.8, 4) is 0 Å². The molecule has 0 bridgehead atoms. The zero-order valence-corrected chi connectivity index (χ0v) is 8.29. The van der Waals surface area contributed by atoms with Crippen LogP contribution in [0, 0.1) is 0 Å². The van der Waals surface area contributed by atoms with Crippen molar-refractivity contribution in [3.63, 3.8) is 0 Å². The molecule has 0 spiro atoms. The summed E-state index contributed by atoms with van der Waals surface area (Å²) in [5.74, 6) is -0.137. The number of imidazole rings is 1. The Morgan fingerprint density at radius 3 is 3.00 bits per heavy atom. The fraction of sp³-hybridized carbons (Fsp3) is 0. The van der Waals surface area contributed by atoms with Crippen LogP contribution >= 0.6 is 0 Å². The van der Waals surface area contributed by atoms with Gasteiger partial charge in [0.1, 0.15) is 6.33 Å². The molecule has 0 unspecified atom stereocenters. The van der Waals surface area contributed by atoms with Gasteiger partial charge in [-0.2, -0.15) is 5.10 Å². The maximum Gasteiger partial charge on any atom is 0.266 e. The lowest BCUT2D eigenvalue weighted by atomic mass is 10.3. The molecule has 0 saturated carbocycles. The van der Waals surface area contributed by atoms with Crippen LogP contribution in [0.4, 0.5) is 0 Å². The van der Waals surface area contributed by atoms with Crippen molar-refractivity contribution in [2.45, 2.75) is 0 Å². The summed E-state index contributed by atoms with van der Waals surface area (Å²) in [4.78, 5) is 16.2. The Morgan fingerprint density at radius 1 is 1.31 bits per heavy atom. The maximum atomic E-state index is 12.0. The Hall–Kier alpha value is -2.43. The number of hydrogen-bond acceptors (Lipinski definition) is 3. The molecule has 0 radical (unpaired) electrons. The van der Waals surface area contributed by atoms with Crippen LogP contribution < -0.4 is 0 Å². The Labute approximate surface area is 90.7 Å². The third-order valence-electron chi connectivity index (χ3n) is 2.42. The molecule has 0 fully saturated rings. The van der Waals surface area contributed by atoms with Crippen LogP contribution in [0.1, 0.15) is 10.4 Å². The Balaban J connectivity index is 2.16. The van der Waals surface area contributed by atoms with E-state index >= 15 is 0 Å². The number of carbonyl (C=O) groups excluding carboxylic acids is 1. The number of nitrogens with zero attached hydrogens (tertiary/aromatic N) is 3. The van der Waals surface area contributed by atoms with Crippen molar-refractivity contribution >= 4 is 16.9 Å². The highest BCUT2D eigenvalue weighted by Gasteiger charge is 2.12. The zero-order valence-electron chi connectivity index (χ0n) is 8.29. The minimum absolute atomic E-state index is 0.137. The fourth-order valence-electron chi connectivity index (χ4n) is 1.63. The molecule has 0 aliphatic heterocycles. The van der Waals surface area contributed by atoms with Gasteiger partial charge in [-0.25, -0.2) is 4.98 Å². The van der Waals surface area contributed by atoms with Gasteiger partial charge in [0.05, 0.1) is 22.8 Å². The molecule has 0 saturated heterocycles. The molecule has 1 N–H and O–H groups in total. The second-order valence-electron chi connectivity index (χ2n) is 3.40. The van der Waals surface area contributed by atoms with E-state index in [0.717, 1.165) is 11.0 Å². The first-order valence-electron chi connectivity index (χ1n) is 4.82. The van der Waals surface area contributed by atoms with E-state index in [4.69, 9.17) is 0 Å². The summed E-state index contributed by atoms with van der Waals surface area (Å²) >= 11 is 0. The van der Waals surface area contributed by atoms with Gasteiger partial charge >= 0.3 is 0 Å². The monoisotopic (exact) mass is 212 g/mol. The topological polar surface area (TPSA) is 63.6 Å². The number of para-hydroxylation sites is 2. The summed E-state index contributed by atoms with van der Waals surface area (Å²) in [7, 11) is 0. The van der Waals surface area contributed by atoms with Crippen LogP contribution in [-0.4, -0.2) is 25.7 Å². The number of hydrogen-bond donors (Lipinski definition) is 1. The van der Waals surface area contributed by atoms with Crippen LogP contribution in [0.5, 0.6) is 0 Å². The van der Waals surface area contributed by atoms with Gasteiger partial charge < -0.3 is 0 Å². The Kier molecular flexibility index (Phi) is 1.83. The largest absolute Gasteiger partial charge is 0.285 e. The van der Waals surface area contributed by atoms with Gasteiger partial charge in [0.15, 0.2) is 0 Å². The zero-order chi connectivity index (χ0) is 11.0. The summed E-state index contributed by atoms with van der Waals surface area (Å²) in [6.07, 6.45) is 4.59. The quantitative estimate of drug-likeness (QED) is 0.664. The van der Waals surface area contributed by atoms with Gasteiger partial charge in [-0.3, -0.25) is 14.5 Å². The average Bonchev–Trinajstić information content (AvgIpc) is 2.98. The fourth-order valence-corrected chi connectivity index (χ4v) is 1.63. The molecule has 5 nitrogen and oxygen atoms in total. The van der Waals surface area contributed by atoms with Crippen molar-refractivity contribution in [1.29, 1.82) is 0 Å². The van der Waals surface area contributed by atoms with E-state index in [2.05, 4.69) is 15.2 Å². The van der Waals surface area contributed by atoms with Crippen LogP contribution in [0.3, 0.4) is 0 Å². The Morgan fingerprint density at radius 2 is 2.19 bits per heavy atom. The predicted molar refractivity (Wildman–Crippen MR) is 58.0 cm³/mol. The number of aromatic nitrogens is 4. The van der Waals surface area contributed by atoms with E-state index < -0.39 is 0 Å². The van der Waals surface area contributed by atoms with Crippen molar-refractivity contribution < 1.29 is 4.79 Å². The second kappa shape index (κ2) is 3.30. The first-order chi connectivity index (χ1) is 7.86. The highest BCUT2D eigenvalue weighted by atomic mass is 16.2. The summed E-state index contributed by atoms with van der Waals surface area (Å²) < 4.78 is 1.51. The van der Waals surface area contributed by atoms with E-state index in [1.807, 2.05) is 24.3 Å². The van der Waals surface area contributed by atoms with E-state index in [1.165, 1.54) is 17.1 Å². The van der Waals surface area contributed by atoms with E-state index in [-0.39, 0.29) is 5.91 Å². The smallest absolute Gasteiger partial charge is 0.266 e. The molecule has 1 aromatic carbocycles. The predicted octanol–water partition coefficient (Wildman–Crippen LogP) is 1.45. The lowest BCUT2D eigenvalue weighted by Gasteiger charge is -1.99. The molecular formula is C11H8N4O. The molecule has 3 aromatic rings. The first-order valence-corrected chi connectivity index (χ1v) is 4.82. The molecule has 2 aromatic heterocycles. The van der Waals surface area contributed by atoms with Crippen molar-refractivity contribution in [3.05, 3.63) is 48.5 Å². The number of aromatic amines is 1. The third-order valence-corrected chi connectivity index (χ3v) is 2.42. The van der Waals surface area contributed by atoms with Gasteiger partial charge in [0.2, 0.25) is 0 Å². The van der Waals surface area contributed by atoms with Crippen LogP contribution in [0.25, 0.3) is 11.0 Å². The molecule has 78 valence electrons. The van der Waals surface area contributed by atoms with Gasteiger partial charge in [0, 0.05) is 6.20 Å². The maximum absolute atomic E-state index is 12.0. The molecule has 0 atom stereocenters. The van der Waals surface area contributed by atoms with E-state index in [1.54, 1.807) is 6.20 Å². The van der Waals surface area contributed by atoms with Crippen LogP contribution in [0.2, 0.25) is 0 Å². The molecule has 5 heteroatoms. The Bertz CT molecular complexity index is 639. The molecule has 3 rings (SSSR count). The molecule has 2 heterocycles. The van der Waals surface area contributed by atoms with Gasteiger partial charge in [-0.15, -0.1) is 0 Å². The normalized spacial score (nSPS) is 10.8. The van der Waals surface area contributed by atoms with E-state index in [0.29, 0.717) is 5.56 Å². The summed E-state index contributed by atoms with van der Waals surface area (Å²) in [5, 5.41) is 6.37. The lowest BCUT2D eigenvalue weighted by Crippen LogP contribution is -2.09. The average molecular weight is 212 g/mol. The third kappa shape index (κ3) is 1.22. The summed E-state index contributed by atoms with van der Waals surface area (Å²) in [5.41, 5.74) is 2.12. The second-order valence-corrected chi connectivity index (χ2v) is 3.40. The lowest BCUT2D eigenvalue weighted by molar-refractivity contribution is 0.0964. The molecule has 0 aliphatic rings. The molecular weight excluding hydrogens is 204 g/mol. The van der Waals surface area contributed by atoms with Gasteiger partial charge in [0.25, 0.3) is 5.91 Å². The molecule has 16 heavy (non-hydrogen) atoms. The molecule has 0 amide bonds. The van der Waals surface area contributed by atoms with Gasteiger partial charge in [-0.05, 0) is 12.1 Å². The summed E-state index contributed by atoms with van der Waals surface area (Å²) in [6, 6.07) is 7.50. The standard InChI is InChI=1S/C11H8N4O/c16-11(8-5-13-14-6-8)15-7-12-9-3-1-2-4-10(9)15/h1-7H,(H,13,14). The number of fused-ring (bicyclic) bond motifs is 1. The number of benzene rings is 1. The number of nitrogens with one attached hydrogen (secondary N) is 1. The van der Waals surface area contributed by atoms with Crippen molar-refractivity contribution in [2.75, 3.05) is 0 Å². The number of H-pyrrole nitrogens is 1. The number of rotatable bonds is 1. The highest BCUT2D eigenvalue weighted by Crippen LogP contribution is 2.13. The number of carbonyl (C=O) groups is 1. The van der Waals surface area contributed by atoms with Crippen molar-refractivity contribution in [1.82, 2.24) is 19.7 Å². The highest BCUT2D eigenvalue weighted by molar-refractivity contribution is 6.00. The van der Waals surface area contributed by atoms with Crippen LogP contribution in [-0.2, 0) is 0 Å². The minimum atomic E-state index is -0.137. The van der Waals surface area contributed by atoms with E-state index in [9.17, 15) is 4.79 Å². The molecule has 0 aliphatic carbocycles. The SMILES string of the molecule is O=C(c1cn[nH]c1)n1cnc2ccccc21. The van der Waals surface area contributed by atoms with Crippen molar-refractivity contribution in [2.24, 2.45) is 0 Å². The van der Waals surface area contributed by atoms with Gasteiger partial charge in [-0.1, -0.05) is 12.1 Å². The minimum Gasteiger partial charge on any atom is -0.285 e. The summed E-state index contributed by atoms with van der Waals surface area (Å²) in [6.45, 7) is 0.